The van der Waals surface area contributed by atoms with Gasteiger partial charge in [0.25, 0.3) is 0 Å². The van der Waals surface area contributed by atoms with Crippen molar-refractivity contribution in [3.8, 4) is 11.1 Å². The maximum Gasteiger partial charge on any atom is 0.222 e. The predicted molar refractivity (Wildman–Crippen MR) is 105 cm³/mol. The highest BCUT2D eigenvalue weighted by Crippen LogP contribution is 2.41. The third kappa shape index (κ3) is 3.92. The van der Waals surface area contributed by atoms with Crippen LogP contribution in [0.3, 0.4) is 0 Å². The zero-order valence-corrected chi connectivity index (χ0v) is 16.1. The number of hydrogen-bond acceptors (Lipinski definition) is 3. The minimum absolute atomic E-state index is 0.0337. The summed E-state index contributed by atoms with van der Waals surface area (Å²) in [7, 11) is 0. The number of benzene rings is 2. The highest BCUT2D eigenvalue weighted by atomic mass is 19.1. The molecule has 148 valence electrons. The Morgan fingerprint density at radius 1 is 1.04 bits per heavy atom. The molecule has 1 saturated heterocycles. The van der Waals surface area contributed by atoms with E-state index in [9.17, 15) is 19.1 Å². The van der Waals surface area contributed by atoms with Gasteiger partial charge in [-0.25, -0.2) is 4.39 Å². The smallest absolute Gasteiger partial charge is 0.222 e. The average Bonchev–Trinajstić information content (AvgIpc) is 2.68. The third-order valence-electron chi connectivity index (χ3n) is 5.35. The molecule has 3 rings (SSSR count). The van der Waals surface area contributed by atoms with Gasteiger partial charge in [-0.2, -0.15) is 0 Å². The molecule has 2 aromatic rings. The molecule has 0 spiro atoms. The van der Waals surface area contributed by atoms with E-state index in [2.05, 4.69) is 5.32 Å². The molecule has 3 atom stereocenters. The molecule has 0 radical (unpaired) electrons. The Balaban J connectivity index is 1.85. The van der Waals surface area contributed by atoms with Gasteiger partial charge in [0.1, 0.15) is 5.82 Å². The monoisotopic (exact) mass is 384 g/mol. The van der Waals surface area contributed by atoms with Gasteiger partial charge in [0.05, 0.1) is 18.7 Å². The normalized spacial score (nSPS) is 21.1. The first kappa shape index (κ1) is 20.0. The molecule has 2 aromatic carbocycles. The zero-order chi connectivity index (χ0) is 20.3. The van der Waals surface area contributed by atoms with E-state index in [1.165, 1.54) is 19.1 Å². The molecular formula is C22H25FN2O3. The van der Waals surface area contributed by atoms with Gasteiger partial charge in [0, 0.05) is 25.8 Å². The van der Waals surface area contributed by atoms with Crippen LogP contribution in [0, 0.1) is 5.82 Å². The van der Waals surface area contributed by atoms with E-state index in [4.69, 9.17) is 0 Å². The highest BCUT2D eigenvalue weighted by molar-refractivity contribution is 5.79. The number of aliphatic hydroxyl groups is 1. The molecule has 0 aromatic heterocycles. The fraction of sp³-hybridized carbons (Fsp3) is 0.364. The molecule has 1 aliphatic heterocycles. The second-order valence-electron chi connectivity index (χ2n) is 7.06. The molecule has 6 heteroatoms. The fourth-order valence-corrected chi connectivity index (χ4v) is 3.96. The maximum absolute atomic E-state index is 13.1. The molecular weight excluding hydrogens is 359 g/mol. The molecule has 0 aliphatic carbocycles. The summed E-state index contributed by atoms with van der Waals surface area (Å²) < 4.78 is 13.1. The van der Waals surface area contributed by atoms with Gasteiger partial charge in [-0.05, 0) is 28.8 Å². The van der Waals surface area contributed by atoms with Crippen LogP contribution in [0.15, 0.2) is 48.5 Å². The van der Waals surface area contributed by atoms with Crippen molar-refractivity contribution >= 4 is 11.8 Å². The van der Waals surface area contributed by atoms with Crippen molar-refractivity contribution in [3.63, 3.8) is 0 Å². The molecule has 0 unspecified atom stereocenters. The van der Waals surface area contributed by atoms with Crippen LogP contribution < -0.4 is 5.32 Å². The zero-order valence-electron chi connectivity index (χ0n) is 16.1. The van der Waals surface area contributed by atoms with Gasteiger partial charge in [-0.1, -0.05) is 43.3 Å². The minimum Gasteiger partial charge on any atom is -0.394 e. The number of halogens is 1. The second-order valence-corrected chi connectivity index (χ2v) is 7.06. The summed E-state index contributed by atoms with van der Waals surface area (Å²) in [4.78, 5) is 25.4. The largest absolute Gasteiger partial charge is 0.394 e. The van der Waals surface area contributed by atoms with Gasteiger partial charge in [-0.3, -0.25) is 9.59 Å². The van der Waals surface area contributed by atoms with E-state index < -0.39 is 0 Å². The van der Waals surface area contributed by atoms with E-state index in [-0.39, 0.29) is 42.2 Å². The predicted octanol–water partition coefficient (Wildman–Crippen LogP) is 2.69. The maximum atomic E-state index is 13.1. The third-order valence-corrected chi connectivity index (χ3v) is 5.35. The minimum atomic E-state index is -0.303. The van der Waals surface area contributed by atoms with Crippen molar-refractivity contribution in [2.24, 2.45) is 0 Å². The number of amides is 2. The van der Waals surface area contributed by atoms with Crippen molar-refractivity contribution in [1.29, 1.82) is 0 Å². The summed E-state index contributed by atoms with van der Waals surface area (Å²) in [5.74, 6) is -0.521. The number of carbonyl (C=O) groups excluding carboxylic acids is 2. The van der Waals surface area contributed by atoms with E-state index in [1.54, 1.807) is 24.0 Å². The summed E-state index contributed by atoms with van der Waals surface area (Å²) in [6.07, 6.45) is 0.350. The Morgan fingerprint density at radius 3 is 2.11 bits per heavy atom. The molecule has 0 saturated carbocycles. The SMILES string of the molecule is CCC(=O)N1[C@H](CO)[C@H](c2ccc(-c3ccc(F)cc3)cc2)[C@@H]1CNC(C)=O. The Kier molecular flexibility index (Phi) is 6.09. The van der Waals surface area contributed by atoms with Crippen LogP contribution >= 0.6 is 0 Å². The number of likely N-dealkylation sites (tertiary alicyclic amines) is 1. The molecule has 1 aliphatic rings. The lowest BCUT2D eigenvalue weighted by molar-refractivity contribution is -0.150. The summed E-state index contributed by atoms with van der Waals surface area (Å²) in [5, 5.41) is 12.7. The van der Waals surface area contributed by atoms with Crippen LogP contribution in [0.5, 0.6) is 0 Å². The number of aliphatic hydroxyl groups excluding tert-OH is 1. The summed E-state index contributed by atoms with van der Waals surface area (Å²) in [6, 6.07) is 13.7. The summed E-state index contributed by atoms with van der Waals surface area (Å²) in [5.41, 5.74) is 2.88. The Labute approximate surface area is 164 Å². The molecule has 2 N–H and O–H groups in total. The van der Waals surface area contributed by atoms with Gasteiger partial charge < -0.3 is 15.3 Å². The molecule has 2 amide bonds. The molecule has 1 heterocycles. The van der Waals surface area contributed by atoms with E-state index in [0.717, 1.165) is 16.7 Å². The molecule has 5 nitrogen and oxygen atoms in total. The first-order valence-electron chi connectivity index (χ1n) is 9.48. The number of rotatable bonds is 6. The van der Waals surface area contributed by atoms with Crippen molar-refractivity contribution in [3.05, 3.63) is 59.9 Å². The number of nitrogens with zero attached hydrogens (tertiary/aromatic N) is 1. The number of hydrogen-bond donors (Lipinski definition) is 2. The van der Waals surface area contributed by atoms with Crippen molar-refractivity contribution < 1.29 is 19.1 Å². The van der Waals surface area contributed by atoms with Gasteiger partial charge in [-0.15, -0.1) is 0 Å². The summed E-state index contributed by atoms with van der Waals surface area (Å²) >= 11 is 0. The average molecular weight is 384 g/mol. The Morgan fingerprint density at radius 2 is 1.61 bits per heavy atom. The number of nitrogens with one attached hydrogen (secondary N) is 1. The summed E-state index contributed by atoms with van der Waals surface area (Å²) in [6.45, 7) is 3.45. The van der Waals surface area contributed by atoms with Gasteiger partial charge >= 0.3 is 0 Å². The van der Waals surface area contributed by atoms with Crippen LogP contribution in [-0.2, 0) is 9.59 Å². The second kappa shape index (κ2) is 8.52. The first-order valence-corrected chi connectivity index (χ1v) is 9.48. The first-order chi connectivity index (χ1) is 13.5. The standard InChI is InChI=1S/C22H25FN2O3/c1-3-21(28)25-19(12-24-14(2)27)22(20(25)13-26)17-6-4-15(5-7-17)16-8-10-18(23)11-9-16/h4-11,19-20,22,26H,3,12-13H2,1-2H3,(H,24,27)/t19-,20+,22+/m0/s1. The van der Waals surface area contributed by atoms with E-state index in [0.29, 0.717) is 13.0 Å². The topological polar surface area (TPSA) is 69.6 Å². The van der Waals surface area contributed by atoms with Crippen LogP contribution in [0.1, 0.15) is 31.7 Å². The van der Waals surface area contributed by atoms with Gasteiger partial charge in [0.15, 0.2) is 0 Å². The lowest BCUT2D eigenvalue weighted by Gasteiger charge is -2.55. The molecule has 0 bridgehead atoms. The van der Waals surface area contributed by atoms with Crippen molar-refractivity contribution in [2.75, 3.05) is 13.2 Å². The van der Waals surface area contributed by atoms with E-state index in [1.807, 2.05) is 24.3 Å². The van der Waals surface area contributed by atoms with E-state index >= 15 is 0 Å². The van der Waals surface area contributed by atoms with Crippen LogP contribution in [0.4, 0.5) is 4.39 Å². The van der Waals surface area contributed by atoms with Crippen molar-refractivity contribution in [1.82, 2.24) is 10.2 Å². The fourth-order valence-electron chi connectivity index (χ4n) is 3.96. The lowest BCUT2D eigenvalue weighted by atomic mass is 9.74. The highest BCUT2D eigenvalue weighted by Gasteiger charge is 2.50. The van der Waals surface area contributed by atoms with Crippen LogP contribution in [-0.4, -0.2) is 47.1 Å². The van der Waals surface area contributed by atoms with Crippen molar-refractivity contribution in [2.45, 2.75) is 38.3 Å². The number of carbonyl (C=O) groups is 2. The lowest BCUT2D eigenvalue weighted by Crippen LogP contribution is -2.68. The van der Waals surface area contributed by atoms with Crippen LogP contribution in [0.2, 0.25) is 0 Å². The van der Waals surface area contributed by atoms with Crippen LogP contribution in [0.25, 0.3) is 11.1 Å². The quantitative estimate of drug-likeness (QED) is 0.805. The van der Waals surface area contributed by atoms with Gasteiger partial charge in [0.2, 0.25) is 11.8 Å². The Hall–Kier alpha value is -2.73. The molecule has 1 fully saturated rings. The Bertz CT molecular complexity index is 836. The molecule has 28 heavy (non-hydrogen) atoms.